The summed E-state index contributed by atoms with van der Waals surface area (Å²) >= 11 is 0.474. The summed E-state index contributed by atoms with van der Waals surface area (Å²) in [6.45, 7) is 3.63. The molecule has 1 N–H and O–H groups in total. The van der Waals surface area contributed by atoms with Gasteiger partial charge in [-0.3, -0.25) is 0 Å². The van der Waals surface area contributed by atoms with E-state index in [1.807, 2.05) is 32.0 Å². The molecule has 2 nitrogen and oxygen atoms in total. The van der Waals surface area contributed by atoms with E-state index in [4.69, 9.17) is 0 Å². The molecule has 0 radical (unpaired) electrons. The standard InChI is InChI=1S/C13H12F3NOS/c1-7-4-3-5-8(2)10(7)11(18)9-6-17-12(19-9)13(14,15)16/h3-6,11,18H,1-2H3. The van der Waals surface area contributed by atoms with Gasteiger partial charge >= 0.3 is 6.18 Å². The van der Waals surface area contributed by atoms with Crippen molar-refractivity contribution in [2.45, 2.75) is 26.1 Å². The predicted octanol–water partition coefficient (Wildman–Crippen LogP) is 3.86. The average Bonchev–Trinajstić information content (AvgIpc) is 2.77. The van der Waals surface area contributed by atoms with Crippen LogP contribution in [0.3, 0.4) is 0 Å². The van der Waals surface area contributed by atoms with Gasteiger partial charge in [0.1, 0.15) is 6.10 Å². The van der Waals surface area contributed by atoms with E-state index >= 15 is 0 Å². The zero-order valence-corrected chi connectivity index (χ0v) is 11.1. The third kappa shape index (κ3) is 2.79. The molecule has 0 saturated carbocycles. The Morgan fingerprint density at radius 2 is 1.79 bits per heavy atom. The molecular weight excluding hydrogens is 275 g/mol. The molecule has 0 amide bonds. The first-order valence-corrected chi connectivity index (χ1v) is 6.39. The largest absolute Gasteiger partial charge is 0.443 e. The van der Waals surface area contributed by atoms with Crippen LogP contribution in [0, 0.1) is 13.8 Å². The Balaban J connectivity index is 2.40. The number of benzene rings is 1. The number of rotatable bonds is 2. The Bertz CT molecular complexity index is 572. The van der Waals surface area contributed by atoms with Gasteiger partial charge in [-0.1, -0.05) is 18.2 Å². The summed E-state index contributed by atoms with van der Waals surface area (Å²) in [5, 5.41) is 9.30. The highest BCUT2D eigenvalue weighted by Gasteiger charge is 2.35. The third-order valence-corrected chi connectivity index (χ3v) is 3.95. The van der Waals surface area contributed by atoms with Crippen LogP contribution in [-0.2, 0) is 6.18 Å². The Labute approximate surface area is 112 Å². The SMILES string of the molecule is Cc1cccc(C)c1C(O)c1cnc(C(F)(F)F)s1. The minimum Gasteiger partial charge on any atom is -0.383 e. The lowest BCUT2D eigenvalue weighted by Crippen LogP contribution is -2.03. The average molecular weight is 287 g/mol. The summed E-state index contributed by atoms with van der Waals surface area (Å²) in [7, 11) is 0. The third-order valence-electron chi connectivity index (χ3n) is 2.85. The molecule has 2 rings (SSSR count). The summed E-state index contributed by atoms with van der Waals surface area (Å²) in [5.41, 5.74) is 2.32. The Hall–Kier alpha value is -1.40. The quantitative estimate of drug-likeness (QED) is 0.909. The zero-order chi connectivity index (χ0) is 14.2. The fraction of sp³-hybridized carbons (Fsp3) is 0.308. The molecule has 0 aliphatic rings. The highest BCUT2D eigenvalue weighted by molar-refractivity contribution is 7.11. The molecule has 0 fully saturated rings. The van der Waals surface area contributed by atoms with Crippen LogP contribution in [0.4, 0.5) is 13.2 Å². The van der Waals surface area contributed by atoms with E-state index in [9.17, 15) is 18.3 Å². The molecule has 102 valence electrons. The number of hydrogen-bond acceptors (Lipinski definition) is 3. The van der Waals surface area contributed by atoms with Gasteiger partial charge < -0.3 is 5.11 Å². The smallest absolute Gasteiger partial charge is 0.383 e. The fourth-order valence-electron chi connectivity index (χ4n) is 1.94. The summed E-state index contributed by atoms with van der Waals surface area (Å²) in [6.07, 6.45) is -4.46. The fourth-order valence-corrected chi connectivity index (χ4v) is 2.72. The van der Waals surface area contributed by atoms with Crippen molar-refractivity contribution in [1.29, 1.82) is 0 Å². The van der Waals surface area contributed by atoms with Crippen molar-refractivity contribution >= 4 is 11.3 Å². The molecule has 1 heterocycles. The first-order valence-electron chi connectivity index (χ1n) is 5.58. The normalized spacial score (nSPS) is 13.6. The highest BCUT2D eigenvalue weighted by atomic mass is 32.1. The first kappa shape index (κ1) is 14.0. The minimum absolute atomic E-state index is 0.199. The topological polar surface area (TPSA) is 33.1 Å². The molecule has 1 atom stereocenters. The van der Waals surface area contributed by atoms with E-state index < -0.39 is 17.3 Å². The first-order chi connectivity index (χ1) is 8.80. The van der Waals surface area contributed by atoms with Gasteiger partial charge in [-0.15, -0.1) is 11.3 Å². The predicted molar refractivity (Wildman–Crippen MR) is 67.1 cm³/mol. The van der Waals surface area contributed by atoms with E-state index in [0.717, 1.165) is 17.3 Å². The number of nitrogens with zero attached hydrogens (tertiary/aromatic N) is 1. The van der Waals surface area contributed by atoms with Crippen LogP contribution in [0.2, 0.25) is 0 Å². The molecule has 6 heteroatoms. The van der Waals surface area contributed by atoms with E-state index in [1.165, 1.54) is 0 Å². The van der Waals surface area contributed by atoms with Crippen molar-refractivity contribution < 1.29 is 18.3 Å². The van der Waals surface area contributed by atoms with Crippen LogP contribution in [0.5, 0.6) is 0 Å². The van der Waals surface area contributed by atoms with Crippen molar-refractivity contribution in [2.24, 2.45) is 0 Å². The number of aromatic nitrogens is 1. The van der Waals surface area contributed by atoms with Gasteiger partial charge in [0.2, 0.25) is 0 Å². The number of thiazole rings is 1. The summed E-state index contributed by atoms with van der Waals surface area (Å²) in [5.74, 6) is 0. The van der Waals surface area contributed by atoms with Crippen molar-refractivity contribution in [1.82, 2.24) is 4.98 Å². The number of hydrogen-bond donors (Lipinski definition) is 1. The minimum atomic E-state index is -4.47. The number of alkyl halides is 3. The van der Waals surface area contributed by atoms with Crippen molar-refractivity contribution in [3.05, 3.63) is 51.0 Å². The molecular formula is C13H12F3NOS. The molecule has 1 unspecified atom stereocenters. The monoisotopic (exact) mass is 287 g/mol. The second-order valence-corrected chi connectivity index (χ2v) is 5.34. The highest BCUT2D eigenvalue weighted by Crippen LogP contribution is 2.37. The molecule has 0 aliphatic heterocycles. The lowest BCUT2D eigenvalue weighted by atomic mass is 9.97. The van der Waals surface area contributed by atoms with Gasteiger partial charge in [0.15, 0.2) is 5.01 Å². The number of halogens is 3. The van der Waals surface area contributed by atoms with Gasteiger partial charge in [-0.25, -0.2) is 4.98 Å². The van der Waals surface area contributed by atoms with Crippen LogP contribution in [0.25, 0.3) is 0 Å². The van der Waals surface area contributed by atoms with E-state index in [-0.39, 0.29) is 4.88 Å². The van der Waals surface area contributed by atoms with E-state index in [0.29, 0.717) is 16.9 Å². The number of aliphatic hydroxyl groups is 1. The maximum atomic E-state index is 12.5. The second kappa shape index (κ2) is 4.94. The zero-order valence-electron chi connectivity index (χ0n) is 10.3. The molecule has 0 spiro atoms. The Morgan fingerprint density at radius 1 is 1.21 bits per heavy atom. The molecule has 0 saturated heterocycles. The molecule has 2 aromatic rings. The van der Waals surface area contributed by atoms with Crippen LogP contribution < -0.4 is 0 Å². The van der Waals surface area contributed by atoms with Gasteiger partial charge in [0, 0.05) is 6.20 Å². The summed E-state index contributed by atoms with van der Waals surface area (Å²) in [6, 6.07) is 5.48. The lowest BCUT2D eigenvalue weighted by molar-refractivity contribution is -0.137. The van der Waals surface area contributed by atoms with Gasteiger partial charge in [-0.2, -0.15) is 13.2 Å². The van der Waals surface area contributed by atoms with Gasteiger partial charge in [0.25, 0.3) is 0 Å². The van der Waals surface area contributed by atoms with E-state index in [2.05, 4.69) is 4.98 Å². The van der Waals surface area contributed by atoms with Crippen molar-refractivity contribution in [3.63, 3.8) is 0 Å². The second-order valence-electron chi connectivity index (χ2n) is 4.27. The van der Waals surface area contributed by atoms with Crippen LogP contribution in [-0.4, -0.2) is 10.1 Å². The van der Waals surface area contributed by atoms with Crippen LogP contribution >= 0.6 is 11.3 Å². The van der Waals surface area contributed by atoms with Gasteiger partial charge in [0.05, 0.1) is 4.88 Å². The van der Waals surface area contributed by atoms with Crippen LogP contribution in [0.15, 0.2) is 24.4 Å². The molecule has 1 aromatic carbocycles. The van der Waals surface area contributed by atoms with Gasteiger partial charge in [-0.05, 0) is 30.5 Å². The van der Waals surface area contributed by atoms with Crippen molar-refractivity contribution in [2.75, 3.05) is 0 Å². The molecule has 0 aliphatic carbocycles. The maximum absolute atomic E-state index is 12.5. The van der Waals surface area contributed by atoms with E-state index in [1.54, 1.807) is 0 Å². The maximum Gasteiger partial charge on any atom is 0.443 e. The van der Waals surface area contributed by atoms with Crippen LogP contribution in [0.1, 0.15) is 32.7 Å². The number of aliphatic hydroxyl groups excluding tert-OH is 1. The number of aryl methyl sites for hydroxylation is 2. The van der Waals surface area contributed by atoms with Crippen molar-refractivity contribution in [3.8, 4) is 0 Å². The Morgan fingerprint density at radius 3 is 2.26 bits per heavy atom. The summed E-state index contributed by atoms with van der Waals surface area (Å²) in [4.78, 5) is 3.53. The molecule has 1 aromatic heterocycles. The summed E-state index contributed by atoms with van der Waals surface area (Å²) < 4.78 is 37.5. The molecule has 0 bridgehead atoms. The molecule has 19 heavy (non-hydrogen) atoms. The lowest BCUT2D eigenvalue weighted by Gasteiger charge is -2.14. The Kier molecular flexibility index (Phi) is 3.64.